The SMILES string of the molecule is C[P+](CCOC(=O)Cl)(c1ccccc1)c1ccccc1.[Cl-]. The normalized spacial score (nSPS) is 10.6. The van der Waals surface area contributed by atoms with Crippen LogP contribution >= 0.6 is 18.9 Å². The van der Waals surface area contributed by atoms with Gasteiger partial charge in [-0.3, -0.25) is 0 Å². The topological polar surface area (TPSA) is 26.3 Å². The zero-order valence-corrected chi connectivity index (χ0v) is 14.1. The third-order valence-electron chi connectivity index (χ3n) is 3.41. The van der Waals surface area contributed by atoms with Gasteiger partial charge in [0, 0.05) is 11.6 Å². The zero-order chi connectivity index (χ0) is 14.4. The van der Waals surface area contributed by atoms with Crippen LogP contribution in [0.4, 0.5) is 4.79 Å². The smallest absolute Gasteiger partial charge is 0.403 e. The van der Waals surface area contributed by atoms with Crippen LogP contribution in [0.5, 0.6) is 0 Å². The Hall–Kier alpha value is -1.08. The van der Waals surface area contributed by atoms with Gasteiger partial charge in [0.2, 0.25) is 0 Å². The van der Waals surface area contributed by atoms with Gasteiger partial charge in [0.15, 0.2) is 0 Å². The number of carbonyl (C=O) groups excluding carboxylic acids is 1. The van der Waals surface area contributed by atoms with Crippen LogP contribution in [0.25, 0.3) is 0 Å². The molecule has 0 atom stereocenters. The van der Waals surface area contributed by atoms with Crippen LogP contribution in [0.3, 0.4) is 0 Å². The van der Waals surface area contributed by atoms with Crippen molar-refractivity contribution in [2.75, 3.05) is 19.4 Å². The Bertz CT molecular complexity index is 522. The lowest BCUT2D eigenvalue weighted by Gasteiger charge is -2.22. The van der Waals surface area contributed by atoms with E-state index in [9.17, 15) is 4.79 Å². The number of carbonyl (C=O) groups is 1. The molecule has 2 aromatic rings. The molecule has 5 heteroatoms. The largest absolute Gasteiger partial charge is 1.00 e. The van der Waals surface area contributed by atoms with Crippen LogP contribution in [-0.4, -0.2) is 24.9 Å². The van der Waals surface area contributed by atoms with Crippen LogP contribution in [0.15, 0.2) is 60.7 Å². The predicted octanol–water partition coefficient (Wildman–Crippen LogP) is 0.664. The van der Waals surface area contributed by atoms with E-state index in [2.05, 4.69) is 30.9 Å². The van der Waals surface area contributed by atoms with Crippen molar-refractivity contribution in [3.8, 4) is 0 Å². The van der Waals surface area contributed by atoms with E-state index in [0.29, 0.717) is 6.61 Å². The summed E-state index contributed by atoms with van der Waals surface area (Å²) in [5, 5.41) is 2.61. The summed E-state index contributed by atoms with van der Waals surface area (Å²) in [7, 11) is -1.57. The standard InChI is InChI=1S/C16H17ClO2P.ClH/c1-20(13-12-19-16(17)18,14-8-4-2-5-9-14)15-10-6-3-7-11-15;/h2-11H,12-13H2,1H3;1H/q+1;/p-1. The molecule has 2 nitrogen and oxygen atoms in total. The van der Waals surface area contributed by atoms with Gasteiger partial charge in [-0.2, -0.15) is 0 Å². The van der Waals surface area contributed by atoms with Crippen LogP contribution in [-0.2, 0) is 4.74 Å². The highest BCUT2D eigenvalue weighted by Gasteiger charge is 2.37. The molecule has 0 N–H and O–H groups in total. The molecule has 0 saturated heterocycles. The Balaban J connectivity index is 0.00000220. The maximum Gasteiger partial charge on any atom is 0.403 e. The van der Waals surface area contributed by atoms with Crippen molar-refractivity contribution in [3.05, 3.63) is 60.7 Å². The number of hydrogen-bond donors (Lipinski definition) is 0. The first-order valence-electron chi connectivity index (χ1n) is 6.42. The van der Waals surface area contributed by atoms with Gasteiger partial charge in [0.25, 0.3) is 0 Å². The van der Waals surface area contributed by atoms with Crippen LogP contribution in [0.1, 0.15) is 0 Å². The minimum atomic E-state index is -1.57. The third kappa shape index (κ3) is 4.71. The van der Waals surface area contributed by atoms with Crippen molar-refractivity contribution in [2.24, 2.45) is 0 Å². The quantitative estimate of drug-likeness (QED) is 0.589. The summed E-state index contributed by atoms with van der Waals surface area (Å²) in [5.41, 5.74) is -0.738. The second kappa shape index (κ2) is 8.38. The highest BCUT2D eigenvalue weighted by Crippen LogP contribution is 2.52. The van der Waals surface area contributed by atoms with E-state index in [1.807, 2.05) is 36.4 Å². The second-order valence-electron chi connectivity index (χ2n) is 4.67. The second-order valence-corrected chi connectivity index (χ2v) is 8.84. The molecule has 0 unspecified atom stereocenters. The highest BCUT2D eigenvalue weighted by atomic mass is 35.5. The molecule has 0 aliphatic heterocycles. The minimum Gasteiger partial charge on any atom is -1.00 e. The summed E-state index contributed by atoms with van der Waals surface area (Å²) in [4.78, 5) is 10.8. The van der Waals surface area contributed by atoms with E-state index in [4.69, 9.17) is 16.3 Å². The molecule has 0 radical (unpaired) electrons. The van der Waals surface area contributed by atoms with Gasteiger partial charge in [0.1, 0.15) is 12.8 Å². The van der Waals surface area contributed by atoms with E-state index in [-0.39, 0.29) is 12.4 Å². The molecule has 0 aromatic heterocycles. The molecule has 0 fully saturated rings. The first-order chi connectivity index (χ1) is 9.63. The molecular weight excluding hydrogens is 326 g/mol. The third-order valence-corrected chi connectivity index (χ3v) is 7.47. The zero-order valence-electron chi connectivity index (χ0n) is 11.7. The fourth-order valence-electron chi connectivity index (χ4n) is 2.23. The van der Waals surface area contributed by atoms with Gasteiger partial charge < -0.3 is 17.1 Å². The van der Waals surface area contributed by atoms with E-state index in [0.717, 1.165) is 6.16 Å². The summed E-state index contributed by atoms with van der Waals surface area (Å²) in [6, 6.07) is 20.8. The van der Waals surface area contributed by atoms with Crippen molar-refractivity contribution in [1.29, 1.82) is 0 Å². The lowest BCUT2D eigenvalue weighted by Crippen LogP contribution is -3.00. The van der Waals surface area contributed by atoms with E-state index in [1.165, 1.54) is 10.6 Å². The fraction of sp³-hybridized carbons (Fsp3) is 0.188. The highest BCUT2D eigenvalue weighted by molar-refractivity contribution is 7.88. The summed E-state index contributed by atoms with van der Waals surface area (Å²) in [6.07, 6.45) is 0.791. The predicted molar refractivity (Wildman–Crippen MR) is 87.1 cm³/mol. The van der Waals surface area contributed by atoms with E-state index >= 15 is 0 Å². The fourth-order valence-corrected chi connectivity index (χ4v) is 5.24. The van der Waals surface area contributed by atoms with Crippen LogP contribution < -0.4 is 23.0 Å². The van der Waals surface area contributed by atoms with Crippen molar-refractivity contribution >= 4 is 34.9 Å². The maximum atomic E-state index is 10.8. The van der Waals surface area contributed by atoms with Crippen LogP contribution in [0, 0.1) is 0 Å². The first kappa shape index (κ1) is 18.0. The maximum absolute atomic E-state index is 10.8. The van der Waals surface area contributed by atoms with Crippen molar-refractivity contribution in [2.45, 2.75) is 0 Å². The summed E-state index contributed by atoms with van der Waals surface area (Å²) in [6.45, 7) is 2.61. The average Bonchev–Trinajstić information content (AvgIpc) is 2.48. The number of halogens is 2. The summed E-state index contributed by atoms with van der Waals surface area (Å²) >= 11 is 5.25. The number of ether oxygens (including phenoxy) is 1. The molecule has 0 saturated carbocycles. The molecule has 0 heterocycles. The lowest BCUT2D eigenvalue weighted by atomic mass is 10.4. The molecule has 2 aromatic carbocycles. The summed E-state index contributed by atoms with van der Waals surface area (Å²) < 4.78 is 4.93. The van der Waals surface area contributed by atoms with Crippen LogP contribution in [0.2, 0.25) is 0 Å². The molecule has 21 heavy (non-hydrogen) atoms. The Labute approximate surface area is 137 Å². The molecule has 0 spiro atoms. The molecule has 0 aliphatic rings. The summed E-state index contributed by atoms with van der Waals surface area (Å²) in [5.74, 6) is 0. The Morgan fingerprint density at radius 3 is 1.81 bits per heavy atom. The molecule has 0 bridgehead atoms. The van der Waals surface area contributed by atoms with E-state index in [1.54, 1.807) is 0 Å². The minimum absolute atomic E-state index is 0. The van der Waals surface area contributed by atoms with Gasteiger partial charge in [-0.25, -0.2) is 4.79 Å². The van der Waals surface area contributed by atoms with Crippen molar-refractivity contribution < 1.29 is 21.9 Å². The molecule has 2 rings (SSSR count). The lowest BCUT2D eigenvalue weighted by molar-refractivity contribution is -0.00000889. The number of hydrogen-bond acceptors (Lipinski definition) is 2. The van der Waals surface area contributed by atoms with Crippen molar-refractivity contribution in [1.82, 2.24) is 0 Å². The Morgan fingerprint density at radius 2 is 1.43 bits per heavy atom. The molecule has 0 amide bonds. The monoisotopic (exact) mass is 342 g/mol. The van der Waals surface area contributed by atoms with Gasteiger partial charge in [0.05, 0.1) is 24.5 Å². The van der Waals surface area contributed by atoms with Crippen molar-refractivity contribution in [3.63, 3.8) is 0 Å². The van der Waals surface area contributed by atoms with Gasteiger partial charge >= 0.3 is 5.43 Å². The number of rotatable bonds is 5. The van der Waals surface area contributed by atoms with Gasteiger partial charge in [-0.15, -0.1) is 0 Å². The number of benzene rings is 2. The van der Waals surface area contributed by atoms with Gasteiger partial charge in [-0.05, 0) is 24.3 Å². The average molecular weight is 343 g/mol. The Morgan fingerprint density at radius 1 is 1.00 bits per heavy atom. The molecule has 0 aliphatic carbocycles. The first-order valence-corrected chi connectivity index (χ1v) is 9.22. The molecule has 112 valence electrons. The van der Waals surface area contributed by atoms with Gasteiger partial charge in [-0.1, -0.05) is 36.4 Å². The van der Waals surface area contributed by atoms with E-state index < -0.39 is 12.7 Å². The molecular formula is C16H17Cl2O2P. The Kier molecular flexibility index (Phi) is 7.17.